The van der Waals surface area contributed by atoms with Crippen LogP contribution in [-0.2, 0) is 0 Å². The minimum absolute atomic E-state index is 0.705. The Hall–Kier alpha value is -1.08. The van der Waals surface area contributed by atoms with E-state index in [1.807, 2.05) is 59.8 Å². The summed E-state index contributed by atoms with van der Waals surface area (Å²) in [5.41, 5.74) is 4.33. The van der Waals surface area contributed by atoms with Gasteiger partial charge in [0.25, 0.3) is 0 Å². The number of hydrogen-bond acceptors (Lipinski definition) is 1. The van der Waals surface area contributed by atoms with Crippen LogP contribution in [0.5, 0.6) is 0 Å². The van der Waals surface area contributed by atoms with Crippen molar-refractivity contribution >= 4 is 0 Å². The number of hydrogen-bond donors (Lipinski definition) is 0. The van der Waals surface area contributed by atoms with Gasteiger partial charge in [0.1, 0.15) is 0 Å². The van der Waals surface area contributed by atoms with Crippen LogP contribution in [0.1, 0.15) is 101 Å². The lowest BCUT2D eigenvalue weighted by Crippen LogP contribution is -2.07. The molecule has 0 bridgehead atoms. The van der Waals surface area contributed by atoms with E-state index in [9.17, 15) is 0 Å². The Labute approximate surface area is 180 Å². The lowest BCUT2D eigenvalue weighted by atomic mass is 9.83. The zero-order valence-corrected chi connectivity index (χ0v) is 21.8. The fraction of sp³-hybridized carbons (Fsp3) is 0.704. The fourth-order valence-corrected chi connectivity index (χ4v) is 2.77. The van der Waals surface area contributed by atoms with Gasteiger partial charge in [-0.05, 0) is 71.8 Å². The van der Waals surface area contributed by atoms with Crippen LogP contribution in [0.2, 0.25) is 0 Å². The molecule has 0 spiro atoms. The molecule has 1 unspecified atom stereocenters. The first-order valence-corrected chi connectivity index (χ1v) is 11.6. The standard InChI is InChI=1S/C20H34.C3H9N.2C2H6/c1-7-11-13-15-18(14-9-3)19(10-4)20(17(5)6)16-12-8-2;1-4(2)3;2*1-2/h8,10,12,16,18H,2,7,9,11,13-15H2,1,3-6H3;1-3H3;2*1-2H3/b16-12-,19-10-;;;. The summed E-state index contributed by atoms with van der Waals surface area (Å²) in [5, 5.41) is 0. The molecule has 28 heavy (non-hydrogen) atoms. The molecule has 0 rings (SSSR count). The van der Waals surface area contributed by atoms with Crippen molar-refractivity contribution in [2.45, 2.75) is 101 Å². The van der Waals surface area contributed by atoms with E-state index in [0.29, 0.717) is 5.92 Å². The largest absolute Gasteiger partial charge is 0.312 e. The Morgan fingerprint density at radius 2 is 1.39 bits per heavy atom. The average molecular weight is 394 g/mol. The Balaban J connectivity index is -0.000000309. The minimum atomic E-state index is 0.705. The van der Waals surface area contributed by atoms with Crippen molar-refractivity contribution in [2.75, 3.05) is 21.1 Å². The first-order valence-electron chi connectivity index (χ1n) is 11.6. The van der Waals surface area contributed by atoms with Gasteiger partial charge in [0.2, 0.25) is 0 Å². The van der Waals surface area contributed by atoms with E-state index in [1.54, 1.807) is 0 Å². The molecule has 0 heterocycles. The highest BCUT2D eigenvalue weighted by Gasteiger charge is 2.15. The summed E-state index contributed by atoms with van der Waals surface area (Å²) in [6.07, 6.45) is 16.3. The molecule has 0 aromatic rings. The maximum atomic E-state index is 3.79. The van der Waals surface area contributed by atoms with E-state index in [1.165, 1.54) is 55.2 Å². The summed E-state index contributed by atoms with van der Waals surface area (Å²) in [7, 11) is 6.00. The smallest absolute Gasteiger partial charge is 0.0140 e. The first-order chi connectivity index (χ1) is 13.3. The highest BCUT2D eigenvalue weighted by atomic mass is 15.0. The zero-order valence-electron chi connectivity index (χ0n) is 21.8. The Morgan fingerprint density at radius 1 is 0.893 bits per heavy atom. The van der Waals surface area contributed by atoms with Crippen LogP contribution in [0.25, 0.3) is 0 Å². The van der Waals surface area contributed by atoms with Crippen LogP contribution in [0.4, 0.5) is 0 Å². The number of rotatable bonds is 10. The minimum Gasteiger partial charge on any atom is -0.312 e. The SMILES string of the molecule is C=C/C=C\C(=C(C)C)/C(=C\C)C(CCC)CCCCC.CC.CC.CN(C)C. The van der Waals surface area contributed by atoms with E-state index in [-0.39, 0.29) is 0 Å². The average Bonchev–Trinajstić information content (AvgIpc) is 2.67. The molecule has 0 N–H and O–H groups in total. The molecule has 168 valence electrons. The van der Waals surface area contributed by atoms with Crippen molar-refractivity contribution in [3.05, 3.63) is 47.6 Å². The van der Waals surface area contributed by atoms with E-state index in [2.05, 4.69) is 59.4 Å². The van der Waals surface area contributed by atoms with Gasteiger partial charge in [-0.25, -0.2) is 0 Å². The van der Waals surface area contributed by atoms with Gasteiger partial charge in [-0.2, -0.15) is 0 Å². The van der Waals surface area contributed by atoms with Gasteiger partial charge in [-0.15, -0.1) is 0 Å². The zero-order chi connectivity index (χ0) is 23.0. The Morgan fingerprint density at radius 3 is 1.71 bits per heavy atom. The second-order valence-electron chi connectivity index (χ2n) is 7.08. The predicted octanol–water partition coefficient (Wildman–Crippen LogP) is 9.24. The Kier molecular flexibility index (Phi) is 34.6. The van der Waals surface area contributed by atoms with Gasteiger partial charge >= 0.3 is 0 Å². The van der Waals surface area contributed by atoms with Crippen molar-refractivity contribution in [1.82, 2.24) is 4.90 Å². The van der Waals surface area contributed by atoms with Crippen LogP contribution in [0.3, 0.4) is 0 Å². The molecule has 0 radical (unpaired) electrons. The third kappa shape index (κ3) is 23.0. The molecule has 0 aliphatic rings. The van der Waals surface area contributed by atoms with E-state index < -0.39 is 0 Å². The van der Waals surface area contributed by atoms with E-state index >= 15 is 0 Å². The molecular weight excluding hydrogens is 338 g/mol. The predicted molar refractivity (Wildman–Crippen MR) is 136 cm³/mol. The summed E-state index contributed by atoms with van der Waals surface area (Å²) >= 11 is 0. The van der Waals surface area contributed by atoms with Crippen LogP contribution in [-0.4, -0.2) is 26.0 Å². The van der Waals surface area contributed by atoms with Crippen molar-refractivity contribution in [1.29, 1.82) is 0 Å². The molecule has 1 atom stereocenters. The van der Waals surface area contributed by atoms with Gasteiger partial charge < -0.3 is 4.90 Å². The van der Waals surface area contributed by atoms with Gasteiger partial charge in [0.05, 0.1) is 0 Å². The van der Waals surface area contributed by atoms with Crippen molar-refractivity contribution in [3.8, 4) is 0 Å². The second-order valence-corrected chi connectivity index (χ2v) is 7.08. The molecule has 0 fully saturated rings. The molecule has 0 saturated heterocycles. The highest BCUT2D eigenvalue weighted by molar-refractivity contribution is 5.44. The maximum absolute atomic E-state index is 3.79. The van der Waals surface area contributed by atoms with Gasteiger partial charge in [-0.3, -0.25) is 0 Å². The number of unbranched alkanes of at least 4 members (excludes halogenated alkanes) is 2. The monoisotopic (exact) mass is 393 g/mol. The maximum Gasteiger partial charge on any atom is -0.0140 e. The van der Waals surface area contributed by atoms with E-state index in [4.69, 9.17) is 0 Å². The van der Waals surface area contributed by atoms with Crippen molar-refractivity contribution < 1.29 is 0 Å². The third-order valence-electron chi connectivity index (χ3n) is 3.79. The molecule has 0 aliphatic heterocycles. The van der Waals surface area contributed by atoms with Crippen molar-refractivity contribution in [3.63, 3.8) is 0 Å². The lowest BCUT2D eigenvalue weighted by Gasteiger charge is -2.22. The summed E-state index contributed by atoms with van der Waals surface area (Å²) in [6.45, 7) is 23.0. The normalized spacial score (nSPS) is 11.4. The molecule has 1 heteroatoms. The number of allylic oxidation sites excluding steroid dienone is 7. The molecule has 1 nitrogen and oxygen atoms in total. The van der Waals surface area contributed by atoms with Crippen LogP contribution in [0, 0.1) is 5.92 Å². The molecule has 0 aliphatic carbocycles. The van der Waals surface area contributed by atoms with Gasteiger partial charge in [0, 0.05) is 0 Å². The highest BCUT2D eigenvalue weighted by Crippen LogP contribution is 2.31. The van der Waals surface area contributed by atoms with Crippen LogP contribution < -0.4 is 0 Å². The quantitative estimate of drug-likeness (QED) is 0.264. The molecule has 0 aromatic carbocycles. The van der Waals surface area contributed by atoms with Gasteiger partial charge in [0.15, 0.2) is 0 Å². The topological polar surface area (TPSA) is 3.24 Å². The molecule has 0 saturated carbocycles. The van der Waals surface area contributed by atoms with Crippen molar-refractivity contribution in [2.24, 2.45) is 5.92 Å². The van der Waals surface area contributed by atoms with Crippen LogP contribution >= 0.6 is 0 Å². The third-order valence-corrected chi connectivity index (χ3v) is 3.79. The van der Waals surface area contributed by atoms with Crippen LogP contribution in [0.15, 0.2) is 47.6 Å². The molecular formula is C27H55N. The fourth-order valence-electron chi connectivity index (χ4n) is 2.77. The first kappa shape index (κ1) is 34.4. The molecule has 0 aromatic heterocycles. The number of nitrogens with zero attached hydrogens (tertiary/aromatic N) is 1. The lowest BCUT2D eigenvalue weighted by molar-refractivity contribution is 0.484. The summed E-state index contributed by atoms with van der Waals surface area (Å²) in [5.74, 6) is 0.705. The van der Waals surface area contributed by atoms with Gasteiger partial charge in [-0.1, -0.05) is 104 Å². The summed E-state index contributed by atoms with van der Waals surface area (Å²) in [4.78, 5) is 2.00. The molecule has 0 amide bonds. The Bertz CT molecular complexity index is 390. The summed E-state index contributed by atoms with van der Waals surface area (Å²) in [6, 6.07) is 0. The second kappa shape index (κ2) is 28.1. The summed E-state index contributed by atoms with van der Waals surface area (Å²) < 4.78 is 0. The van der Waals surface area contributed by atoms with E-state index in [0.717, 1.165) is 0 Å².